The summed E-state index contributed by atoms with van der Waals surface area (Å²) in [5, 5.41) is 2.79. The summed E-state index contributed by atoms with van der Waals surface area (Å²) in [6.45, 7) is 3.51. The highest BCUT2D eigenvalue weighted by Gasteiger charge is 2.33. The molecule has 1 amide bonds. The lowest BCUT2D eigenvalue weighted by molar-refractivity contribution is -0.139. The molecule has 0 radical (unpaired) electrons. The number of esters is 1. The van der Waals surface area contributed by atoms with Crippen molar-refractivity contribution in [2.45, 2.75) is 19.9 Å². The fourth-order valence-electron chi connectivity index (χ4n) is 4.48. The summed E-state index contributed by atoms with van der Waals surface area (Å²) in [6.07, 6.45) is 1.72. The van der Waals surface area contributed by atoms with E-state index in [0.29, 0.717) is 37.6 Å². The summed E-state index contributed by atoms with van der Waals surface area (Å²) in [5.41, 5.74) is 2.64. The number of benzene rings is 3. The molecule has 202 valence electrons. The predicted molar refractivity (Wildman–Crippen MR) is 154 cm³/mol. The van der Waals surface area contributed by atoms with Gasteiger partial charge in [0.1, 0.15) is 5.75 Å². The van der Waals surface area contributed by atoms with Gasteiger partial charge in [0, 0.05) is 11.3 Å². The molecular weight excluding hydrogens is 526 g/mol. The van der Waals surface area contributed by atoms with Crippen molar-refractivity contribution in [1.29, 1.82) is 0 Å². The molecule has 0 spiro atoms. The van der Waals surface area contributed by atoms with Crippen LogP contribution in [0.1, 0.15) is 31.0 Å². The van der Waals surface area contributed by atoms with Gasteiger partial charge in [-0.2, -0.15) is 0 Å². The third kappa shape index (κ3) is 5.64. The lowest BCUT2D eigenvalue weighted by Gasteiger charge is -2.24. The van der Waals surface area contributed by atoms with E-state index in [4.69, 9.17) is 9.47 Å². The first kappa shape index (κ1) is 26.8. The molecule has 1 atom stereocenters. The van der Waals surface area contributed by atoms with Gasteiger partial charge in [-0.1, -0.05) is 78.1 Å². The van der Waals surface area contributed by atoms with Crippen LogP contribution in [0.4, 0.5) is 5.69 Å². The predicted octanol–water partition coefficient (Wildman–Crippen LogP) is 3.82. The van der Waals surface area contributed by atoms with Crippen LogP contribution in [0.3, 0.4) is 0 Å². The van der Waals surface area contributed by atoms with Crippen LogP contribution in [0, 0.1) is 0 Å². The largest absolute Gasteiger partial charge is 0.483 e. The third-order valence-electron chi connectivity index (χ3n) is 6.25. The van der Waals surface area contributed by atoms with Gasteiger partial charge < -0.3 is 14.8 Å². The minimum absolute atomic E-state index is 0.197. The fraction of sp³-hybridized carbons (Fsp3) is 0.161. The standard InChI is InChI=1S/C31H27N3O5S/c1-3-38-30(37)27-20(2)32-31-34(28(27)21-12-6-4-7-13-21)29(36)25(40-31)18-22-14-10-11-17-24(22)39-19-26(35)33-23-15-8-5-9-16-23/h4-18,28H,3,19H2,1-2H3,(H,33,35)/b25-18-/t28-/m0/s1. The number of thiazole rings is 1. The Morgan fingerprint density at radius 2 is 1.68 bits per heavy atom. The molecule has 0 aliphatic carbocycles. The number of carbonyl (C=O) groups is 2. The van der Waals surface area contributed by atoms with Crippen LogP contribution in [0.5, 0.6) is 5.75 Å². The maximum atomic E-state index is 13.8. The number of ether oxygens (including phenoxy) is 2. The van der Waals surface area contributed by atoms with Crippen LogP contribution in [-0.4, -0.2) is 29.7 Å². The van der Waals surface area contributed by atoms with Gasteiger partial charge in [-0.05, 0) is 43.7 Å². The minimum atomic E-state index is -0.674. The van der Waals surface area contributed by atoms with Crippen molar-refractivity contribution in [3.63, 3.8) is 0 Å². The lowest BCUT2D eigenvalue weighted by atomic mass is 9.96. The number of hydrogen-bond donors (Lipinski definition) is 1. The first-order chi connectivity index (χ1) is 19.5. The van der Waals surface area contributed by atoms with Gasteiger partial charge in [0.2, 0.25) is 0 Å². The Balaban J connectivity index is 1.51. The van der Waals surface area contributed by atoms with Gasteiger partial charge in [-0.3, -0.25) is 14.2 Å². The second-order valence-electron chi connectivity index (χ2n) is 8.95. The molecule has 1 aromatic heterocycles. The summed E-state index contributed by atoms with van der Waals surface area (Å²) >= 11 is 1.23. The number of amides is 1. The Morgan fingerprint density at radius 1 is 1.00 bits per heavy atom. The van der Waals surface area contributed by atoms with Crippen molar-refractivity contribution < 1.29 is 19.1 Å². The summed E-state index contributed by atoms with van der Waals surface area (Å²) in [6, 6.07) is 25.0. The Hall–Kier alpha value is -4.76. The first-order valence-corrected chi connectivity index (χ1v) is 13.6. The Labute approximate surface area is 234 Å². The molecule has 8 nitrogen and oxygen atoms in total. The fourth-order valence-corrected chi connectivity index (χ4v) is 5.51. The number of allylic oxidation sites excluding steroid dienone is 1. The molecule has 0 saturated heterocycles. The van der Waals surface area contributed by atoms with Gasteiger partial charge in [-0.15, -0.1) is 0 Å². The highest BCUT2D eigenvalue weighted by atomic mass is 32.1. The first-order valence-electron chi connectivity index (χ1n) is 12.8. The number of nitrogens with one attached hydrogen (secondary N) is 1. The van der Waals surface area contributed by atoms with Crippen molar-refractivity contribution in [3.05, 3.63) is 127 Å². The van der Waals surface area contributed by atoms with E-state index in [1.165, 1.54) is 11.3 Å². The average molecular weight is 554 g/mol. The van der Waals surface area contributed by atoms with Crippen LogP contribution >= 0.6 is 11.3 Å². The molecule has 1 N–H and O–H groups in total. The zero-order valence-corrected chi connectivity index (χ0v) is 22.8. The summed E-state index contributed by atoms with van der Waals surface area (Å²) in [5.74, 6) is -0.343. The maximum Gasteiger partial charge on any atom is 0.338 e. The minimum Gasteiger partial charge on any atom is -0.483 e. The molecule has 9 heteroatoms. The molecule has 0 unspecified atom stereocenters. The topological polar surface area (TPSA) is 99.0 Å². The van der Waals surface area contributed by atoms with E-state index in [-0.39, 0.29) is 24.7 Å². The number of rotatable bonds is 8. The molecule has 0 fully saturated rings. The van der Waals surface area contributed by atoms with E-state index in [1.54, 1.807) is 48.8 Å². The maximum absolute atomic E-state index is 13.8. The number of nitrogens with zero attached hydrogens (tertiary/aromatic N) is 2. The molecule has 1 aliphatic rings. The Bertz CT molecular complexity index is 1760. The zero-order valence-electron chi connectivity index (χ0n) is 22.0. The SMILES string of the molecule is CCOC(=O)C1=C(C)N=c2s/c(=C\c3ccccc3OCC(=O)Nc3ccccc3)c(=O)n2[C@H]1c1ccccc1. The second-order valence-corrected chi connectivity index (χ2v) is 9.96. The number of carbonyl (C=O) groups excluding carboxylic acids is 2. The van der Waals surface area contributed by atoms with Crippen molar-refractivity contribution >= 4 is 35.0 Å². The molecule has 1 aliphatic heterocycles. The van der Waals surface area contributed by atoms with Crippen molar-refractivity contribution in [3.8, 4) is 5.75 Å². The molecule has 4 aromatic rings. The molecular formula is C31H27N3O5S. The normalized spacial score (nSPS) is 14.8. The summed E-state index contributed by atoms with van der Waals surface area (Å²) < 4.78 is 13.1. The second kappa shape index (κ2) is 12.0. The molecule has 0 bridgehead atoms. The zero-order chi connectivity index (χ0) is 28.1. The molecule has 5 rings (SSSR count). The Morgan fingerprint density at radius 3 is 2.40 bits per heavy atom. The number of aromatic nitrogens is 1. The van der Waals surface area contributed by atoms with E-state index in [9.17, 15) is 14.4 Å². The quantitative estimate of drug-likeness (QED) is 0.335. The van der Waals surface area contributed by atoms with Crippen LogP contribution in [0.2, 0.25) is 0 Å². The van der Waals surface area contributed by atoms with E-state index in [2.05, 4.69) is 10.3 Å². The van der Waals surface area contributed by atoms with E-state index in [1.807, 2.05) is 60.7 Å². The van der Waals surface area contributed by atoms with Gasteiger partial charge in [0.25, 0.3) is 11.5 Å². The average Bonchev–Trinajstić information content (AvgIpc) is 3.26. The number of hydrogen-bond acceptors (Lipinski definition) is 7. The van der Waals surface area contributed by atoms with Gasteiger partial charge in [0.15, 0.2) is 11.4 Å². The highest BCUT2D eigenvalue weighted by molar-refractivity contribution is 7.07. The number of fused-ring (bicyclic) bond motifs is 1. The van der Waals surface area contributed by atoms with Gasteiger partial charge in [-0.25, -0.2) is 9.79 Å². The monoisotopic (exact) mass is 553 g/mol. The van der Waals surface area contributed by atoms with Crippen LogP contribution in [-0.2, 0) is 14.3 Å². The van der Waals surface area contributed by atoms with E-state index < -0.39 is 12.0 Å². The van der Waals surface area contributed by atoms with E-state index in [0.717, 1.165) is 5.56 Å². The summed E-state index contributed by atoms with van der Waals surface area (Å²) in [7, 11) is 0. The molecule has 2 heterocycles. The molecule has 3 aromatic carbocycles. The van der Waals surface area contributed by atoms with Gasteiger partial charge in [0.05, 0.1) is 28.5 Å². The Kier molecular flexibility index (Phi) is 8.02. The molecule has 40 heavy (non-hydrogen) atoms. The molecule has 0 saturated carbocycles. The van der Waals surface area contributed by atoms with Crippen molar-refractivity contribution in [2.24, 2.45) is 4.99 Å². The van der Waals surface area contributed by atoms with Crippen LogP contribution in [0.15, 0.2) is 106 Å². The third-order valence-corrected chi connectivity index (χ3v) is 7.24. The lowest BCUT2D eigenvalue weighted by Crippen LogP contribution is -2.39. The highest BCUT2D eigenvalue weighted by Crippen LogP contribution is 2.30. The van der Waals surface area contributed by atoms with Crippen LogP contribution < -0.4 is 24.9 Å². The van der Waals surface area contributed by atoms with E-state index >= 15 is 0 Å². The van der Waals surface area contributed by atoms with Crippen molar-refractivity contribution in [2.75, 3.05) is 18.5 Å². The smallest absolute Gasteiger partial charge is 0.338 e. The number of anilines is 1. The number of para-hydroxylation sites is 2. The summed E-state index contributed by atoms with van der Waals surface area (Å²) in [4.78, 5) is 44.3. The van der Waals surface area contributed by atoms with Gasteiger partial charge >= 0.3 is 5.97 Å². The van der Waals surface area contributed by atoms with Crippen LogP contribution in [0.25, 0.3) is 6.08 Å². The van der Waals surface area contributed by atoms with Crippen molar-refractivity contribution in [1.82, 2.24) is 4.57 Å².